The molecule has 4 aromatic rings. The van der Waals surface area contributed by atoms with Gasteiger partial charge in [0.2, 0.25) is 8.32 Å². The van der Waals surface area contributed by atoms with Crippen molar-refractivity contribution in [3.05, 3.63) is 100 Å². The van der Waals surface area contributed by atoms with Crippen molar-refractivity contribution in [1.82, 2.24) is 0 Å². The van der Waals surface area contributed by atoms with Crippen molar-refractivity contribution in [3.63, 3.8) is 0 Å². The number of hydrogen-bond donors (Lipinski definition) is 0. The average molecular weight is 572 g/mol. The third-order valence-electron chi connectivity index (χ3n) is 7.57. The van der Waals surface area contributed by atoms with Crippen LogP contribution >= 0.6 is 23.2 Å². The monoisotopic (exact) mass is 570 g/mol. The second-order valence-electron chi connectivity index (χ2n) is 11.4. The highest BCUT2D eigenvalue weighted by Gasteiger charge is 2.36. The molecule has 2 radical (unpaired) electrons. The fourth-order valence-electron chi connectivity index (χ4n) is 6.01. The molecule has 4 aromatic carbocycles. The van der Waals surface area contributed by atoms with Crippen LogP contribution in [0.3, 0.4) is 0 Å². The van der Waals surface area contributed by atoms with Crippen LogP contribution in [0.4, 0.5) is 0 Å². The van der Waals surface area contributed by atoms with Crippen molar-refractivity contribution in [3.8, 4) is 28.0 Å². The van der Waals surface area contributed by atoms with Gasteiger partial charge in [-0.15, -0.1) is 23.2 Å². The van der Waals surface area contributed by atoms with E-state index in [0.29, 0.717) is 9.52 Å². The highest BCUT2D eigenvalue weighted by molar-refractivity contribution is 6.73. The topological polar surface area (TPSA) is 9.23 Å². The summed E-state index contributed by atoms with van der Waals surface area (Å²) in [6.45, 7) is 11.2. The lowest BCUT2D eigenvalue weighted by atomic mass is 10.0. The van der Waals surface area contributed by atoms with Gasteiger partial charge in [0.25, 0.3) is 0 Å². The number of hydrogen-bond acceptors (Lipinski definition) is 1. The molecule has 2 unspecified atom stereocenters. The lowest BCUT2D eigenvalue weighted by Crippen LogP contribution is -2.40. The number of fused-ring (bicyclic) bond motifs is 6. The van der Waals surface area contributed by atoms with Gasteiger partial charge in [-0.1, -0.05) is 74.0 Å². The summed E-state index contributed by atoms with van der Waals surface area (Å²) in [4.78, 5) is 0. The third-order valence-corrected chi connectivity index (χ3v) is 10.9. The third kappa shape index (κ3) is 4.19. The zero-order valence-corrected chi connectivity index (χ0v) is 26.1. The minimum absolute atomic E-state index is 0.149. The van der Waals surface area contributed by atoms with Crippen LogP contribution in [0.2, 0.25) is 19.6 Å². The van der Waals surface area contributed by atoms with E-state index in [0.717, 1.165) is 18.6 Å². The molecule has 6 rings (SSSR count). The van der Waals surface area contributed by atoms with E-state index < -0.39 is 8.32 Å². The van der Waals surface area contributed by atoms with Gasteiger partial charge in [0.05, 0.1) is 10.8 Å². The Morgan fingerprint density at radius 1 is 0.763 bits per heavy atom. The van der Waals surface area contributed by atoms with E-state index in [2.05, 4.69) is 100 Å². The summed E-state index contributed by atoms with van der Waals surface area (Å²) in [6.07, 6.45) is 2.11. The molecule has 0 spiro atoms. The Bertz CT molecular complexity index is 1570. The summed E-state index contributed by atoms with van der Waals surface area (Å²) in [5.41, 5.74) is 12.5. The summed E-state index contributed by atoms with van der Waals surface area (Å²) in [5.74, 6) is 1.03. The van der Waals surface area contributed by atoms with Gasteiger partial charge in [-0.05, 0) is 105 Å². The molecule has 0 fully saturated rings. The highest BCUT2D eigenvalue weighted by Crippen LogP contribution is 2.49. The standard InChI is InChI=1S/C33H32Cl2OSi2/c1-6-11-20-16-17-23-21-12-7-9-14-24(21)29(34)27(23)32(20)37-33-28-26(18-19(2)31(33)36-38(3,4)5)22-13-8-10-15-25(22)30(28)35/h7-10,12-18,29-30H,6,11H2,1-5H3. The summed E-state index contributed by atoms with van der Waals surface area (Å²) in [5, 5.41) is 2.28. The van der Waals surface area contributed by atoms with E-state index >= 15 is 0 Å². The molecule has 0 saturated carbocycles. The largest absolute Gasteiger partial charge is 0.544 e. The molecular formula is C33H32Cl2OSi2. The molecule has 0 N–H and O–H groups in total. The lowest BCUT2D eigenvalue weighted by molar-refractivity contribution is 0.557. The van der Waals surface area contributed by atoms with Gasteiger partial charge in [-0.2, -0.15) is 0 Å². The zero-order chi connectivity index (χ0) is 26.8. The van der Waals surface area contributed by atoms with Crippen LogP contribution in [0.5, 0.6) is 5.75 Å². The Morgan fingerprint density at radius 3 is 1.95 bits per heavy atom. The Balaban J connectivity index is 1.61. The first kappa shape index (κ1) is 25.9. The van der Waals surface area contributed by atoms with E-state index in [1.807, 2.05) is 0 Å². The van der Waals surface area contributed by atoms with E-state index in [4.69, 9.17) is 27.6 Å². The Kier molecular flexibility index (Phi) is 6.63. The van der Waals surface area contributed by atoms with Crippen molar-refractivity contribution in [2.75, 3.05) is 0 Å². The van der Waals surface area contributed by atoms with Crippen LogP contribution in [0, 0.1) is 6.92 Å². The maximum Gasteiger partial charge on any atom is 0.242 e. The van der Waals surface area contributed by atoms with Crippen LogP contribution in [-0.4, -0.2) is 17.8 Å². The molecule has 38 heavy (non-hydrogen) atoms. The molecule has 0 amide bonds. The molecule has 0 saturated heterocycles. The van der Waals surface area contributed by atoms with Crippen molar-refractivity contribution in [1.29, 1.82) is 0 Å². The number of aryl methyl sites for hydroxylation is 2. The lowest BCUT2D eigenvalue weighted by Gasteiger charge is -2.27. The maximum absolute atomic E-state index is 7.29. The van der Waals surface area contributed by atoms with Gasteiger partial charge in [-0.3, -0.25) is 0 Å². The number of halogens is 2. The minimum atomic E-state index is -1.89. The van der Waals surface area contributed by atoms with E-state index in [1.165, 1.54) is 66.0 Å². The predicted octanol–water partition coefficient (Wildman–Crippen LogP) is 8.43. The molecule has 2 atom stereocenters. The first-order chi connectivity index (χ1) is 18.2. The van der Waals surface area contributed by atoms with Crippen LogP contribution < -0.4 is 14.8 Å². The van der Waals surface area contributed by atoms with Gasteiger partial charge in [0.15, 0.2) is 0 Å². The SMILES string of the molecule is CCCc1ccc2c(c1[Si]c1c(O[Si](C)(C)C)c(C)cc3c1C(Cl)c1ccccc1-3)C(Cl)c1ccccc1-2. The molecule has 0 heterocycles. The fourth-order valence-corrected chi connectivity index (χ4v) is 9.81. The summed E-state index contributed by atoms with van der Waals surface area (Å²) < 4.78 is 6.87. The van der Waals surface area contributed by atoms with Crippen LogP contribution in [0.1, 0.15) is 57.5 Å². The molecule has 5 heteroatoms. The number of benzene rings is 4. The fraction of sp³-hybridized carbons (Fsp3) is 0.273. The van der Waals surface area contributed by atoms with Gasteiger partial charge in [-0.25, -0.2) is 0 Å². The molecule has 192 valence electrons. The molecule has 0 aliphatic heterocycles. The normalized spacial score (nSPS) is 17.1. The van der Waals surface area contributed by atoms with Crippen molar-refractivity contribution < 1.29 is 4.43 Å². The summed E-state index contributed by atoms with van der Waals surface area (Å²) >= 11 is 14.6. The average Bonchev–Trinajstić information content (AvgIpc) is 3.33. The van der Waals surface area contributed by atoms with Gasteiger partial charge >= 0.3 is 0 Å². The van der Waals surface area contributed by atoms with Gasteiger partial charge < -0.3 is 4.43 Å². The van der Waals surface area contributed by atoms with Crippen molar-refractivity contribution in [2.45, 2.75) is 57.1 Å². The smallest absolute Gasteiger partial charge is 0.242 e. The molecular weight excluding hydrogens is 539 g/mol. The first-order valence-corrected chi connectivity index (χ1v) is 18.7. The molecule has 0 bridgehead atoms. The quantitative estimate of drug-likeness (QED) is 0.167. The Morgan fingerprint density at radius 2 is 1.34 bits per heavy atom. The van der Waals surface area contributed by atoms with E-state index in [-0.39, 0.29) is 10.8 Å². The van der Waals surface area contributed by atoms with Gasteiger partial charge in [0, 0.05) is 0 Å². The molecule has 2 aliphatic carbocycles. The van der Waals surface area contributed by atoms with Crippen LogP contribution in [0.25, 0.3) is 22.3 Å². The van der Waals surface area contributed by atoms with Crippen molar-refractivity contribution >= 4 is 51.4 Å². The maximum atomic E-state index is 7.29. The predicted molar refractivity (Wildman–Crippen MR) is 167 cm³/mol. The zero-order valence-electron chi connectivity index (χ0n) is 22.6. The Labute approximate surface area is 240 Å². The van der Waals surface area contributed by atoms with E-state index in [1.54, 1.807) is 0 Å². The molecule has 2 aliphatic rings. The number of rotatable bonds is 6. The number of alkyl halides is 2. The summed E-state index contributed by atoms with van der Waals surface area (Å²) in [7, 11) is -1.49. The minimum Gasteiger partial charge on any atom is -0.544 e. The van der Waals surface area contributed by atoms with Crippen LogP contribution in [-0.2, 0) is 6.42 Å². The second-order valence-corrected chi connectivity index (χ2v) is 18.0. The van der Waals surface area contributed by atoms with Gasteiger partial charge in [0.1, 0.15) is 15.3 Å². The molecule has 1 nitrogen and oxygen atoms in total. The molecule has 0 aromatic heterocycles. The summed E-state index contributed by atoms with van der Waals surface area (Å²) in [6, 6.07) is 24.1. The van der Waals surface area contributed by atoms with Crippen LogP contribution in [0.15, 0.2) is 66.7 Å². The first-order valence-electron chi connectivity index (χ1n) is 13.5. The Hall–Kier alpha value is -2.31. The van der Waals surface area contributed by atoms with Crippen molar-refractivity contribution in [2.24, 2.45) is 0 Å². The second kappa shape index (κ2) is 9.71. The van der Waals surface area contributed by atoms with E-state index in [9.17, 15) is 0 Å². The highest BCUT2D eigenvalue weighted by atomic mass is 35.5.